The van der Waals surface area contributed by atoms with Crippen molar-refractivity contribution in [3.63, 3.8) is 0 Å². The van der Waals surface area contributed by atoms with Gasteiger partial charge in [0.15, 0.2) is 0 Å². The fourth-order valence-corrected chi connectivity index (χ4v) is 6.04. The van der Waals surface area contributed by atoms with E-state index in [1.54, 1.807) is 0 Å². The van der Waals surface area contributed by atoms with E-state index in [-0.39, 0.29) is 17.0 Å². The maximum absolute atomic E-state index is 14.9. The Morgan fingerprint density at radius 3 is 2.06 bits per heavy atom. The van der Waals surface area contributed by atoms with Crippen molar-refractivity contribution in [1.29, 1.82) is 0 Å². The predicted octanol–water partition coefficient (Wildman–Crippen LogP) is 8.79. The van der Waals surface area contributed by atoms with Gasteiger partial charge in [-0.15, -0.1) is 0 Å². The van der Waals surface area contributed by atoms with E-state index in [0.717, 1.165) is 43.2 Å². The van der Waals surface area contributed by atoms with Gasteiger partial charge in [0.1, 0.15) is 23.3 Å². The highest BCUT2D eigenvalue weighted by molar-refractivity contribution is 5.65. The van der Waals surface area contributed by atoms with E-state index in [9.17, 15) is 17.6 Å². The Bertz CT molecular complexity index is 863. The number of halogens is 4. The van der Waals surface area contributed by atoms with Crippen LogP contribution in [0.15, 0.2) is 30.3 Å². The van der Waals surface area contributed by atoms with Gasteiger partial charge in [0.2, 0.25) is 0 Å². The van der Waals surface area contributed by atoms with Crippen molar-refractivity contribution in [1.82, 2.24) is 0 Å². The molecule has 2 saturated carbocycles. The summed E-state index contributed by atoms with van der Waals surface area (Å²) >= 11 is 0. The molecule has 31 heavy (non-hydrogen) atoms. The lowest BCUT2D eigenvalue weighted by Crippen LogP contribution is -2.30. The van der Waals surface area contributed by atoms with E-state index in [0.29, 0.717) is 17.5 Å². The Morgan fingerprint density at radius 1 is 0.742 bits per heavy atom. The molecule has 0 bridgehead atoms. The van der Waals surface area contributed by atoms with E-state index < -0.39 is 23.3 Å². The third kappa shape index (κ3) is 5.15. The minimum Gasteiger partial charge on any atom is -0.207 e. The second-order valence-electron chi connectivity index (χ2n) is 9.72. The highest BCUT2D eigenvalue weighted by Gasteiger charge is 2.36. The van der Waals surface area contributed by atoms with Gasteiger partial charge in [-0.3, -0.25) is 0 Å². The van der Waals surface area contributed by atoms with Crippen molar-refractivity contribution in [3.8, 4) is 11.1 Å². The van der Waals surface area contributed by atoms with Gasteiger partial charge in [-0.2, -0.15) is 0 Å². The number of unbranched alkanes of at least 4 members (excludes halogenated alkanes) is 2. The van der Waals surface area contributed by atoms with E-state index >= 15 is 0 Å². The summed E-state index contributed by atoms with van der Waals surface area (Å²) in [7, 11) is 0. The number of fused-ring (bicyclic) bond motifs is 1. The number of hydrogen-bond acceptors (Lipinski definition) is 0. The number of hydrogen-bond donors (Lipinski definition) is 0. The molecule has 2 fully saturated rings. The van der Waals surface area contributed by atoms with Crippen LogP contribution in [0, 0.1) is 41.0 Å². The third-order valence-corrected chi connectivity index (χ3v) is 7.62. The Kier molecular flexibility index (Phi) is 7.03. The van der Waals surface area contributed by atoms with Gasteiger partial charge < -0.3 is 0 Å². The van der Waals surface area contributed by atoms with Crippen LogP contribution in [0.5, 0.6) is 0 Å². The molecule has 0 spiro atoms. The van der Waals surface area contributed by atoms with Gasteiger partial charge in [0.05, 0.1) is 5.56 Å². The standard InChI is InChI=1S/C27H32F4/c1-2-3-4-5-17-6-7-19-11-20(9-8-18(19)10-17)21-14-25(30)27(26(31)15-21)22-12-23(28)16-24(29)13-22/h12-20H,2-11H2,1H3/t17?,18-,19-,20-/m1/s1. The molecule has 2 aliphatic carbocycles. The molecular weight excluding hydrogens is 400 g/mol. The van der Waals surface area contributed by atoms with Gasteiger partial charge in [-0.05, 0) is 91.2 Å². The lowest BCUT2D eigenvalue weighted by Gasteiger charge is -2.42. The molecule has 2 aromatic carbocycles. The van der Waals surface area contributed by atoms with Gasteiger partial charge >= 0.3 is 0 Å². The maximum Gasteiger partial charge on any atom is 0.134 e. The average molecular weight is 433 g/mol. The second kappa shape index (κ2) is 9.75. The summed E-state index contributed by atoms with van der Waals surface area (Å²) in [6, 6.07) is 5.39. The van der Waals surface area contributed by atoms with Crippen LogP contribution in [0.3, 0.4) is 0 Å². The monoisotopic (exact) mass is 432 g/mol. The molecule has 2 aromatic rings. The van der Waals surface area contributed by atoms with Crippen molar-refractivity contribution >= 4 is 0 Å². The van der Waals surface area contributed by atoms with Gasteiger partial charge in [-0.25, -0.2) is 17.6 Å². The summed E-state index contributed by atoms with van der Waals surface area (Å²) < 4.78 is 56.8. The first-order valence-electron chi connectivity index (χ1n) is 11.9. The molecule has 4 rings (SSSR count). The van der Waals surface area contributed by atoms with E-state index in [2.05, 4.69) is 6.92 Å². The van der Waals surface area contributed by atoms with Crippen LogP contribution in [0.25, 0.3) is 11.1 Å². The molecule has 168 valence electrons. The quantitative estimate of drug-likeness (QED) is 0.316. The first-order valence-corrected chi connectivity index (χ1v) is 11.9. The summed E-state index contributed by atoms with van der Waals surface area (Å²) in [6.45, 7) is 2.24. The molecular formula is C27H32F4. The van der Waals surface area contributed by atoms with Crippen molar-refractivity contribution in [2.24, 2.45) is 17.8 Å². The molecule has 0 radical (unpaired) electrons. The molecule has 0 aliphatic heterocycles. The molecule has 2 aliphatic rings. The highest BCUT2D eigenvalue weighted by atomic mass is 19.1. The van der Waals surface area contributed by atoms with Crippen LogP contribution in [0.4, 0.5) is 17.6 Å². The summed E-state index contributed by atoms with van der Waals surface area (Å²) in [4.78, 5) is 0. The van der Waals surface area contributed by atoms with Crippen molar-refractivity contribution in [2.45, 2.75) is 77.0 Å². The zero-order valence-electron chi connectivity index (χ0n) is 18.3. The fourth-order valence-electron chi connectivity index (χ4n) is 6.04. The fraction of sp³-hybridized carbons (Fsp3) is 0.556. The second-order valence-corrected chi connectivity index (χ2v) is 9.72. The van der Waals surface area contributed by atoms with Crippen LogP contribution in [-0.2, 0) is 0 Å². The maximum atomic E-state index is 14.9. The smallest absolute Gasteiger partial charge is 0.134 e. The summed E-state index contributed by atoms with van der Waals surface area (Å²) in [5.41, 5.74) is 0.215. The van der Waals surface area contributed by atoms with E-state index in [1.807, 2.05) is 0 Å². The minimum atomic E-state index is -0.846. The lowest BCUT2D eigenvalue weighted by molar-refractivity contribution is 0.113. The van der Waals surface area contributed by atoms with Crippen molar-refractivity contribution in [3.05, 3.63) is 59.2 Å². The molecule has 0 heterocycles. The molecule has 0 aromatic heterocycles. The van der Waals surface area contributed by atoms with E-state index in [4.69, 9.17) is 0 Å². The zero-order valence-corrected chi connectivity index (χ0v) is 18.3. The summed E-state index contributed by atoms with van der Waals surface area (Å²) in [5, 5.41) is 0. The third-order valence-electron chi connectivity index (χ3n) is 7.62. The highest BCUT2D eigenvalue weighted by Crippen LogP contribution is 2.49. The lowest BCUT2D eigenvalue weighted by atomic mass is 9.63. The van der Waals surface area contributed by atoms with Crippen LogP contribution in [-0.4, -0.2) is 0 Å². The first-order chi connectivity index (χ1) is 14.9. The molecule has 4 heteroatoms. The molecule has 0 amide bonds. The Hall–Kier alpha value is -1.84. The van der Waals surface area contributed by atoms with Crippen LogP contribution >= 0.6 is 0 Å². The molecule has 4 atom stereocenters. The number of benzene rings is 2. The molecule has 1 unspecified atom stereocenters. The topological polar surface area (TPSA) is 0 Å². The first kappa shape index (κ1) is 22.4. The van der Waals surface area contributed by atoms with Gasteiger partial charge in [0.25, 0.3) is 0 Å². The molecule has 0 N–H and O–H groups in total. The zero-order chi connectivity index (χ0) is 22.0. The van der Waals surface area contributed by atoms with E-state index in [1.165, 1.54) is 57.1 Å². The average Bonchev–Trinajstić information content (AvgIpc) is 2.72. The molecule has 0 nitrogen and oxygen atoms in total. The number of rotatable bonds is 6. The van der Waals surface area contributed by atoms with Crippen LogP contribution in [0.1, 0.15) is 82.6 Å². The Balaban J connectivity index is 1.46. The van der Waals surface area contributed by atoms with Crippen LogP contribution in [0.2, 0.25) is 0 Å². The van der Waals surface area contributed by atoms with Crippen LogP contribution < -0.4 is 0 Å². The minimum absolute atomic E-state index is 0.107. The summed E-state index contributed by atoms with van der Waals surface area (Å²) in [5.74, 6) is -0.790. The molecule has 0 saturated heterocycles. The normalized spacial score (nSPS) is 26.0. The summed E-state index contributed by atoms with van der Waals surface area (Å²) in [6.07, 6.45) is 12.2. The predicted molar refractivity (Wildman–Crippen MR) is 117 cm³/mol. The Morgan fingerprint density at radius 2 is 1.39 bits per heavy atom. The van der Waals surface area contributed by atoms with Crippen molar-refractivity contribution < 1.29 is 17.6 Å². The van der Waals surface area contributed by atoms with Gasteiger partial charge in [-0.1, -0.05) is 39.0 Å². The largest absolute Gasteiger partial charge is 0.207 e. The SMILES string of the molecule is CCCCCC1CC[C@@H]2C[C@H](c3cc(F)c(-c4cc(F)cc(F)c4)c(F)c3)CC[C@@H]2C1. The van der Waals surface area contributed by atoms with Crippen molar-refractivity contribution in [2.75, 3.05) is 0 Å². The Labute approximate surface area is 183 Å². The van der Waals surface area contributed by atoms with Gasteiger partial charge in [0, 0.05) is 6.07 Å².